The summed E-state index contributed by atoms with van der Waals surface area (Å²) in [4.78, 5) is 14.7. The predicted molar refractivity (Wildman–Crippen MR) is 111 cm³/mol. The largest absolute Gasteiger partial charge is 0.339 e. The molecule has 1 saturated heterocycles. The van der Waals surface area contributed by atoms with Crippen LogP contribution in [0.15, 0.2) is 47.4 Å². The van der Waals surface area contributed by atoms with Crippen molar-refractivity contribution in [3.8, 4) is 0 Å². The fourth-order valence-corrected chi connectivity index (χ4v) is 5.97. The average Bonchev–Trinajstić information content (AvgIpc) is 2.95. The van der Waals surface area contributed by atoms with Crippen LogP contribution in [0.1, 0.15) is 41.6 Å². The van der Waals surface area contributed by atoms with Gasteiger partial charge in [0.2, 0.25) is 0 Å². The molecule has 148 valence electrons. The zero-order valence-corrected chi connectivity index (χ0v) is 17.2. The van der Waals surface area contributed by atoms with Crippen LogP contribution in [0, 0.1) is 0 Å². The molecule has 1 amide bonds. The molecule has 0 spiro atoms. The zero-order valence-electron chi connectivity index (χ0n) is 15.6. The molecule has 0 aromatic heterocycles. The first-order chi connectivity index (χ1) is 13.5. The van der Waals surface area contributed by atoms with Gasteiger partial charge in [0, 0.05) is 25.2 Å². The third-order valence-corrected chi connectivity index (χ3v) is 7.78. The van der Waals surface area contributed by atoms with E-state index in [1.807, 2.05) is 23.1 Å². The van der Waals surface area contributed by atoms with Crippen LogP contribution in [0.4, 0.5) is 5.69 Å². The number of nitrogens with zero attached hydrogens (tertiary/aromatic N) is 2. The Labute approximate surface area is 171 Å². The number of hydrogen-bond donors (Lipinski definition) is 0. The molecule has 1 fully saturated rings. The van der Waals surface area contributed by atoms with Crippen LogP contribution in [0.3, 0.4) is 0 Å². The number of hydrogen-bond acceptors (Lipinski definition) is 3. The molecule has 2 heterocycles. The summed E-state index contributed by atoms with van der Waals surface area (Å²) in [5.74, 6) is -0.128. The maximum atomic E-state index is 13.3. The Morgan fingerprint density at radius 1 is 0.929 bits per heavy atom. The fraction of sp³-hybridized carbons (Fsp3) is 0.381. The summed E-state index contributed by atoms with van der Waals surface area (Å²) in [5.41, 5.74) is 2.05. The molecule has 0 unspecified atom stereocenters. The van der Waals surface area contributed by atoms with Gasteiger partial charge in [-0.2, -0.15) is 0 Å². The first kappa shape index (κ1) is 19.3. The Morgan fingerprint density at radius 2 is 1.64 bits per heavy atom. The first-order valence-electron chi connectivity index (χ1n) is 9.68. The maximum Gasteiger partial charge on any atom is 0.265 e. The minimum atomic E-state index is -3.85. The van der Waals surface area contributed by atoms with Gasteiger partial charge in [0.15, 0.2) is 0 Å². The van der Waals surface area contributed by atoms with E-state index >= 15 is 0 Å². The zero-order chi connectivity index (χ0) is 19.7. The van der Waals surface area contributed by atoms with E-state index in [4.69, 9.17) is 11.6 Å². The summed E-state index contributed by atoms with van der Waals surface area (Å²) in [5, 5.41) is 0.136. The third-order valence-electron chi connectivity index (χ3n) is 5.48. The van der Waals surface area contributed by atoms with Crippen molar-refractivity contribution in [1.82, 2.24) is 4.90 Å². The van der Waals surface area contributed by atoms with E-state index in [1.54, 1.807) is 12.1 Å². The fourth-order valence-electron chi connectivity index (χ4n) is 3.97. The molecule has 0 N–H and O–H groups in total. The molecule has 0 aliphatic carbocycles. The number of halogens is 1. The molecule has 0 bridgehead atoms. The molecule has 2 aliphatic rings. The lowest BCUT2D eigenvalue weighted by Gasteiger charge is -2.23. The van der Waals surface area contributed by atoms with E-state index < -0.39 is 10.0 Å². The lowest BCUT2D eigenvalue weighted by Crippen LogP contribution is -2.32. The van der Waals surface area contributed by atoms with E-state index in [-0.39, 0.29) is 15.8 Å². The normalized spacial score (nSPS) is 17.3. The van der Waals surface area contributed by atoms with Gasteiger partial charge in [-0.25, -0.2) is 8.42 Å². The molecule has 7 heteroatoms. The predicted octanol–water partition coefficient (Wildman–Crippen LogP) is 4.11. The van der Waals surface area contributed by atoms with Crippen molar-refractivity contribution in [2.75, 3.05) is 23.9 Å². The van der Waals surface area contributed by atoms with Crippen LogP contribution >= 0.6 is 11.6 Å². The van der Waals surface area contributed by atoms with Crippen molar-refractivity contribution in [3.05, 3.63) is 58.6 Å². The van der Waals surface area contributed by atoms with Crippen molar-refractivity contribution in [3.63, 3.8) is 0 Å². The van der Waals surface area contributed by atoms with Crippen molar-refractivity contribution >= 4 is 33.2 Å². The summed E-state index contributed by atoms with van der Waals surface area (Å²) < 4.78 is 28.1. The molecule has 0 saturated carbocycles. The summed E-state index contributed by atoms with van der Waals surface area (Å²) in [7, 11) is -3.85. The SMILES string of the molecule is O=C(c1ccc(Cl)c(S(=O)(=O)N2CCc3ccccc32)c1)N1CCCCCC1. The molecule has 28 heavy (non-hydrogen) atoms. The second-order valence-electron chi connectivity index (χ2n) is 7.31. The minimum Gasteiger partial charge on any atom is -0.339 e. The van der Waals surface area contributed by atoms with Crippen LogP contribution < -0.4 is 4.31 Å². The number of anilines is 1. The van der Waals surface area contributed by atoms with E-state index in [9.17, 15) is 13.2 Å². The van der Waals surface area contributed by atoms with E-state index in [0.717, 1.165) is 31.2 Å². The van der Waals surface area contributed by atoms with E-state index in [0.29, 0.717) is 37.3 Å². The number of benzene rings is 2. The first-order valence-corrected chi connectivity index (χ1v) is 11.5. The van der Waals surface area contributed by atoms with Crippen molar-refractivity contribution in [2.24, 2.45) is 0 Å². The Morgan fingerprint density at radius 3 is 2.39 bits per heavy atom. The second kappa shape index (κ2) is 7.76. The minimum absolute atomic E-state index is 0.00783. The van der Waals surface area contributed by atoms with Gasteiger partial charge >= 0.3 is 0 Å². The summed E-state index contributed by atoms with van der Waals surface area (Å²) in [6, 6.07) is 12.0. The topological polar surface area (TPSA) is 57.7 Å². The lowest BCUT2D eigenvalue weighted by atomic mass is 10.2. The third kappa shape index (κ3) is 3.51. The van der Waals surface area contributed by atoms with Gasteiger partial charge in [-0.1, -0.05) is 42.6 Å². The van der Waals surface area contributed by atoms with Gasteiger partial charge in [-0.3, -0.25) is 9.10 Å². The monoisotopic (exact) mass is 418 g/mol. The van der Waals surface area contributed by atoms with Gasteiger partial charge in [-0.15, -0.1) is 0 Å². The Hall–Kier alpha value is -2.05. The van der Waals surface area contributed by atoms with Gasteiger partial charge in [0.1, 0.15) is 4.90 Å². The van der Waals surface area contributed by atoms with Gasteiger partial charge in [-0.05, 0) is 49.1 Å². The maximum absolute atomic E-state index is 13.3. The Bertz CT molecular complexity index is 998. The summed E-state index contributed by atoms with van der Waals surface area (Å²) >= 11 is 6.27. The molecule has 4 rings (SSSR count). The quantitative estimate of drug-likeness (QED) is 0.753. The highest BCUT2D eigenvalue weighted by Crippen LogP contribution is 2.35. The number of amides is 1. The van der Waals surface area contributed by atoms with E-state index in [2.05, 4.69) is 0 Å². The molecule has 2 aliphatic heterocycles. The molecule has 0 atom stereocenters. The Kier molecular flexibility index (Phi) is 5.34. The molecule has 2 aromatic carbocycles. The summed E-state index contributed by atoms with van der Waals surface area (Å²) in [6.45, 7) is 1.80. The Balaban J connectivity index is 1.68. The van der Waals surface area contributed by atoms with Gasteiger partial charge in [0.05, 0.1) is 10.7 Å². The average molecular weight is 419 g/mol. The standard InChI is InChI=1S/C21H23ClN2O3S/c22-18-10-9-17(21(25)23-12-5-1-2-6-13-23)15-20(18)28(26,27)24-14-11-16-7-3-4-8-19(16)24/h3-4,7-10,15H,1-2,5-6,11-14H2. The van der Waals surface area contributed by atoms with Crippen LogP contribution in [-0.4, -0.2) is 38.9 Å². The number of carbonyl (C=O) groups excluding carboxylic acids is 1. The number of likely N-dealkylation sites (tertiary alicyclic amines) is 1. The van der Waals surface area contributed by atoms with Crippen LogP contribution in [0.25, 0.3) is 0 Å². The van der Waals surface area contributed by atoms with Crippen molar-refractivity contribution in [2.45, 2.75) is 37.0 Å². The number of rotatable bonds is 3. The highest BCUT2D eigenvalue weighted by molar-refractivity contribution is 7.93. The molecule has 2 aromatic rings. The van der Waals surface area contributed by atoms with Gasteiger partial charge < -0.3 is 4.90 Å². The highest BCUT2D eigenvalue weighted by atomic mass is 35.5. The molecular weight excluding hydrogens is 396 g/mol. The highest BCUT2D eigenvalue weighted by Gasteiger charge is 2.33. The number of sulfonamides is 1. The smallest absolute Gasteiger partial charge is 0.265 e. The second-order valence-corrected chi connectivity index (χ2v) is 9.55. The van der Waals surface area contributed by atoms with Crippen LogP contribution in [0.2, 0.25) is 5.02 Å². The lowest BCUT2D eigenvalue weighted by molar-refractivity contribution is 0.0761. The number of fused-ring (bicyclic) bond motifs is 1. The van der Waals surface area contributed by atoms with Crippen LogP contribution in [0.5, 0.6) is 0 Å². The molecular formula is C21H23ClN2O3S. The summed E-state index contributed by atoms with van der Waals surface area (Å²) in [6.07, 6.45) is 4.88. The molecule has 5 nitrogen and oxygen atoms in total. The number of para-hydroxylation sites is 1. The van der Waals surface area contributed by atoms with Crippen molar-refractivity contribution < 1.29 is 13.2 Å². The number of carbonyl (C=O) groups is 1. The van der Waals surface area contributed by atoms with Crippen molar-refractivity contribution in [1.29, 1.82) is 0 Å². The van der Waals surface area contributed by atoms with Gasteiger partial charge in [0.25, 0.3) is 15.9 Å². The molecule has 0 radical (unpaired) electrons. The van der Waals surface area contributed by atoms with Crippen LogP contribution in [-0.2, 0) is 16.4 Å². The van der Waals surface area contributed by atoms with E-state index in [1.165, 1.54) is 16.4 Å².